The van der Waals surface area contributed by atoms with E-state index < -0.39 is 0 Å². The van der Waals surface area contributed by atoms with Crippen LogP contribution in [0.3, 0.4) is 0 Å². The Morgan fingerprint density at radius 2 is 0.662 bits per heavy atom. The van der Waals surface area contributed by atoms with Crippen molar-refractivity contribution in [2.75, 3.05) is 0 Å². The monoisotopic (exact) mass is 864 g/mol. The zero-order chi connectivity index (χ0) is 45.0. The summed E-state index contributed by atoms with van der Waals surface area (Å²) in [6, 6.07) is 97.6. The van der Waals surface area contributed by atoms with Crippen LogP contribution in [0.5, 0.6) is 0 Å². The van der Waals surface area contributed by atoms with Gasteiger partial charge in [-0.05, 0) is 121 Å². The topological polar surface area (TPSA) is 9.86 Å². The predicted octanol–water partition coefficient (Wildman–Crippen LogP) is 17.9. The van der Waals surface area contributed by atoms with Gasteiger partial charge in [0.2, 0.25) is 0 Å². The maximum absolute atomic E-state index is 2.54. The first-order valence-electron chi connectivity index (χ1n) is 23.4. The Kier molecular flexibility index (Phi) is 9.54. The third-order valence-electron chi connectivity index (χ3n) is 13.7. The number of hydrogen-bond acceptors (Lipinski definition) is 0. The number of nitrogens with zero attached hydrogens (tertiary/aromatic N) is 2. The summed E-state index contributed by atoms with van der Waals surface area (Å²) in [6.45, 7) is 0. The highest BCUT2D eigenvalue weighted by Gasteiger charge is 2.24. The van der Waals surface area contributed by atoms with E-state index in [1.807, 2.05) is 0 Å². The molecule has 68 heavy (non-hydrogen) atoms. The largest absolute Gasteiger partial charge is 0.309 e. The first-order valence-corrected chi connectivity index (χ1v) is 23.4. The van der Waals surface area contributed by atoms with Gasteiger partial charge >= 0.3 is 0 Å². The van der Waals surface area contributed by atoms with E-state index in [2.05, 4.69) is 276 Å². The first kappa shape index (κ1) is 39.4. The number of aromatic nitrogens is 2. The van der Waals surface area contributed by atoms with Crippen LogP contribution in [0.2, 0.25) is 0 Å². The van der Waals surface area contributed by atoms with Crippen molar-refractivity contribution in [3.8, 4) is 78.1 Å². The Balaban J connectivity index is 1.10. The van der Waals surface area contributed by atoms with Gasteiger partial charge in [-0.1, -0.05) is 212 Å². The fourth-order valence-corrected chi connectivity index (χ4v) is 10.6. The Morgan fingerprint density at radius 3 is 1.29 bits per heavy atom. The Bertz CT molecular complexity index is 3990. The van der Waals surface area contributed by atoms with Crippen LogP contribution >= 0.6 is 0 Å². The minimum atomic E-state index is 1.11. The van der Waals surface area contributed by atoms with Crippen LogP contribution < -0.4 is 0 Å². The van der Waals surface area contributed by atoms with E-state index in [0.29, 0.717) is 0 Å². The van der Waals surface area contributed by atoms with Crippen LogP contribution in [0.4, 0.5) is 0 Å². The van der Waals surface area contributed by atoms with Gasteiger partial charge in [0.05, 0.1) is 22.1 Å². The van der Waals surface area contributed by atoms with Crippen molar-refractivity contribution in [3.63, 3.8) is 0 Å². The minimum absolute atomic E-state index is 1.11. The van der Waals surface area contributed by atoms with Gasteiger partial charge in [-0.25, -0.2) is 0 Å². The summed E-state index contributed by atoms with van der Waals surface area (Å²) in [5, 5.41) is 4.89. The zero-order valence-electron chi connectivity index (χ0n) is 37.3. The maximum Gasteiger partial charge on any atom is 0.0641 e. The number of rotatable bonds is 8. The molecule has 0 N–H and O–H groups in total. The molecule has 0 bridgehead atoms. The van der Waals surface area contributed by atoms with E-state index in [-0.39, 0.29) is 0 Å². The van der Waals surface area contributed by atoms with Gasteiger partial charge in [0.25, 0.3) is 0 Å². The summed E-state index contributed by atoms with van der Waals surface area (Å²) in [4.78, 5) is 0. The average Bonchev–Trinajstić information content (AvgIpc) is 3.95. The highest BCUT2D eigenvalue weighted by Crippen LogP contribution is 2.47. The maximum atomic E-state index is 2.54. The second-order valence-electron chi connectivity index (χ2n) is 17.7. The molecule has 318 valence electrons. The second kappa shape index (κ2) is 16.5. The molecule has 0 atom stereocenters. The van der Waals surface area contributed by atoms with E-state index in [9.17, 15) is 0 Å². The summed E-state index contributed by atoms with van der Waals surface area (Å²) in [7, 11) is 0. The number of fused-ring (bicyclic) bond motifs is 7. The molecule has 0 fully saturated rings. The Labute approximate surface area is 395 Å². The van der Waals surface area contributed by atoms with Crippen LogP contribution in [0.15, 0.2) is 267 Å². The normalized spacial score (nSPS) is 11.5. The second-order valence-corrected chi connectivity index (χ2v) is 17.7. The molecule has 0 unspecified atom stereocenters. The molecule has 0 saturated carbocycles. The highest BCUT2D eigenvalue weighted by molar-refractivity contribution is 6.26. The van der Waals surface area contributed by atoms with Crippen molar-refractivity contribution in [3.05, 3.63) is 267 Å². The lowest BCUT2D eigenvalue weighted by Gasteiger charge is -2.21. The standard InChI is InChI=1S/C66H44N2/c1-5-20-45(21-6-1)49-28-17-30-51(40-49)52-31-19-33-54(42-52)67-62-37-16-14-35-58(62)65-63(67)39-38-57-56-34-13-15-36-61(56)68(66(57)65)55-43-59(47-24-9-3-10-25-47)64(48-26-11-4-12-27-48)60(44-55)53-32-18-29-50(41-53)46-22-7-2-8-23-46/h1-44H. The molecule has 0 spiro atoms. The molecule has 0 aliphatic rings. The van der Waals surface area contributed by atoms with Crippen molar-refractivity contribution >= 4 is 43.6 Å². The Morgan fingerprint density at radius 1 is 0.221 bits per heavy atom. The number of benzene rings is 11. The van der Waals surface area contributed by atoms with Crippen molar-refractivity contribution in [1.82, 2.24) is 9.13 Å². The van der Waals surface area contributed by atoms with Crippen molar-refractivity contribution in [1.29, 1.82) is 0 Å². The molecule has 0 saturated heterocycles. The molecule has 13 rings (SSSR count). The first-order chi connectivity index (χ1) is 33.7. The molecule has 0 radical (unpaired) electrons. The van der Waals surface area contributed by atoms with Crippen molar-refractivity contribution < 1.29 is 0 Å². The molecule has 0 aliphatic carbocycles. The van der Waals surface area contributed by atoms with E-state index in [4.69, 9.17) is 0 Å². The fourth-order valence-electron chi connectivity index (χ4n) is 10.6. The number of hydrogen-bond donors (Lipinski definition) is 0. The SMILES string of the molecule is c1ccc(-c2cccc(-c3cccc(-n4c5ccccc5c5c4ccc4c6ccccc6n(-c6cc(-c7ccccc7)c(-c7ccccc7)c(-c7cccc(-c8ccccc8)c7)c6)c45)c3)c2)cc1. The van der Waals surface area contributed by atoms with Crippen LogP contribution in [-0.2, 0) is 0 Å². The lowest BCUT2D eigenvalue weighted by atomic mass is 9.86. The minimum Gasteiger partial charge on any atom is -0.309 e. The fraction of sp³-hybridized carbons (Fsp3) is 0. The van der Waals surface area contributed by atoms with Crippen LogP contribution in [-0.4, -0.2) is 9.13 Å². The third-order valence-corrected chi connectivity index (χ3v) is 13.7. The summed E-state index contributed by atoms with van der Waals surface area (Å²) in [5.41, 5.74) is 21.2. The lowest BCUT2D eigenvalue weighted by Crippen LogP contribution is -1.99. The van der Waals surface area contributed by atoms with Crippen molar-refractivity contribution in [2.24, 2.45) is 0 Å². The summed E-state index contributed by atoms with van der Waals surface area (Å²) in [6.07, 6.45) is 0. The molecule has 2 aromatic heterocycles. The quantitative estimate of drug-likeness (QED) is 0.144. The van der Waals surface area contributed by atoms with Gasteiger partial charge in [-0.15, -0.1) is 0 Å². The van der Waals surface area contributed by atoms with Gasteiger partial charge in [-0.3, -0.25) is 0 Å². The summed E-state index contributed by atoms with van der Waals surface area (Å²) >= 11 is 0. The molecular weight excluding hydrogens is 821 g/mol. The molecular formula is C66H44N2. The summed E-state index contributed by atoms with van der Waals surface area (Å²) < 4.78 is 5.01. The molecule has 2 nitrogen and oxygen atoms in total. The van der Waals surface area contributed by atoms with Crippen LogP contribution in [0, 0.1) is 0 Å². The third kappa shape index (κ3) is 6.65. The smallest absolute Gasteiger partial charge is 0.0641 e. The van der Waals surface area contributed by atoms with Gasteiger partial charge < -0.3 is 9.13 Å². The van der Waals surface area contributed by atoms with Crippen LogP contribution in [0.25, 0.3) is 122 Å². The number of para-hydroxylation sites is 2. The van der Waals surface area contributed by atoms with Crippen LogP contribution in [0.1, 0.15) is 0 Å². The van der Waals surface area contributed by atoms with Crippen molar-refractivity contribution in [2.45, 2.75) is 0 Å². The van der Waals surface area contributed by atoms with Gasteiger partial charge in [-0.2, -0.15) is 0 Å². The lowest BCUT2D eigenvalue weighted by molar-refractivity contribution is 1.17. The molecule has 13 aromatic rings. The zero-order valence-corrected chi connectivity index (χ0v) is 37.3. The van der Waals surface area contributed by atoms with E-state index in [1.165, 1.54) is 105 Å². The summed E-state index contributed by atoms with van der Waals surface area (Å²) in [5.74, 6) is 0. The van der Waals surface area contributed by atoms with Gasteiger partial charge in [0, 0.05) is 32.9 Å². The molecule has 0 aliphatic heterocycles. The van der Waals surface area contributed by atoms with Gasteiger partial charge in [0.15, 0.2) is 0 Å². The molecule has 11 aromatic carbocycles. The predicted molar refractivity (Wildman–Crippen MR) is 288 cm³/mol. The Hall–Kier alpha value is -8.98. The molecule has 2 heterocycles. The van der Waals surface area contributed by atoms with E-state index in [1.54, 1.807) is 0 Å². The van der Waals surface area contributed by atoms with E-state index in [0.717, 1.165) is 16.9 Å². The highest BCUT2D eigenvalue weighted by atomic mass is 15.0. The molecule has 0 amide bonds. The average molecular weight is 865 g/mol. The molecule has 2 heteroatoms. The van der Waals surface area contributed by atoms with Gasteiger partial charge in [0.1, 0.15) is 0 Å². The van der Waals surface area contributed by atoms with E-state index >= 15 is 0 Å².